The SMILES string of the molecule is CC(C)(C)c1cnc(C2=NN(c3cnccn3)C3C4CCC(CC23)O4)o1. The van der Waals surface area contributed by atoms with Crippen LogP contribution in [0.1, 0.15) is 51.7 Å². The second-order valence-corrected chi connectivity index (χ2v) is 8.38. The third-order valence-electron chi connectivity index (χ3n) is 5.55. The van der Waals surface area contributed by atoms with Crippen LogP contribution in [0.25, 0.3) is 0 Å². The first-order valence-corrected chi connectivity index (χ1v) is 9.26. The Bertz CT molecular complexity index is 841. The molecule has 0 radical (unpaired) electrons. The number of hydrogen-bond acceptors (Lipinski definition) is 7. The fourth-order valence-electron chi connectivity index (χ4n) is 4.25. The lowest BCUT2D eigenvalue weighted by Crippen LogP contribution is -2.47. The molecule has 7 heteroatoms. The number of hydrogen-bond donors (Lipinski definition) is 0. The molecule has 3 aliphatic heterocycles. The van der Waals surface area contributed by atoms with E-state index < -0.39 is 0 Å². The summed E-state index contributed by atoms with van der Waals surface area (Å²) in [6.07, 6.45) is 10.5. The smallest absolute Gasteiger partial charge is 0.243 e. The highest BCUT2D eigenvalue weighted by molar-refractivity contribution is 6.01. The molecule has 0 saturated carbocycles. The molecule has 5 heterocycles. The van der Waals surface area contributed by atoms with E-state index in [-0.39, 0.29) is 23.5 Å². The first kappa shape index (κ1) is 15.9. The highest BCUT2D eigenvalue weighted by Crippen LogP contribution is 2.44. The van der Waals surface area contributed by atoms with Crippen molar-refractivity contribution in [1.82, 2.24) is 15.0 Å². The largest absolute Gasteiger partial charge is 0.440 e. The molecule has 4 unspecified atom stereocenters. The predicted molar refractivity (Wildman–Crippen MR) is 96.0 cm³/mol. The van der Waals surface area contributed by atoms with Gasteiger partial charge in [0, 0.05) is 23.7 Å². The van der Waals surface area contributed by atoms with Crippen molar-refractivity contribution >= 4 is 11.5 Å². The lowest BCUT2D eigenvalue weighted by molar-refractivity contribution is -0.0186. The number of rotatable bonds is 2. The molecule has 7 nitrogen and oxygen atoms in total. The van der Waals surface area contributed by atoms with Gasteiger partial charge in [-0.3, -0.25) is 4.98 Å². The zero-order valence-electron chi connectivity index (χ0n) is 15.3. The number of oxazole rings is 1. The molecule has 0 spiro atoms. The van der Waals surface area contributed by atoms with E-state index in [4.69, 9.17) is 14.3 Å². The molecule has 26 heavy (non-hydrogen) atoms. The van der Waals surface area contributed by atoms with Crippen molar-refractivity contribution in [3.05, 3.63) is 36.4 Å². The maximum atomic E-state index is 6.19. The highest BCUT2D eigenvalue weighted by Gasteiger charge is 2.52. The molecule has 2 aromatic rings. The summed E-state index contributed by atoms with van der Waals surface area (Å²) < 4.78 is 12.3. The Morgan fingerprint density at radius 1 is 1.12 bits per heavy atom. The minimum Gasteiger partial charge on any atom is -0.440 e. The first-order chi connectivity index (χ1) is 12.5. The van der Waals surface area contributed by atoms with Crippen molar-refractivity contribution in [3.8, 4) is 0 Å². The van der Waals surface area contributed by atoms with Crippen LogP contribution in [0.2, 0.25) is 0 Å². The number of hydrazone groups is 1. The summed E-state index contributed by atoms with van der Waals surface area (Å²) >= 11 is 0. The summed E-state index contributed by atoms with van der Waals surface area (Å²) in [6, 6.07) is 0.130. The van der Waals surface area contributed by atoms with Crippen molar-refractivity contribution < 1.29 is 9.15 Å². The fraction of sp³-hybridized carbons (Fsp3) is 0.579. The highest BCUT2D eigenvalue weighted by atomic mass is 16.5. The second kappa shape index (κ2) is 5.61. The van der Waals surface area contributed by atoms with Crippen LogP contribution in [0.4, 0.5) is 5.82 Å². The van der Waals surface area contributed by atoms with Crippen LogP contribution in [-0.4, -0.2) is 38.9 Å². The number of fused-ring (bicyclic) bond motifs is 4. The van der Waals surface area contributed by atoms with Gasteiger partial charge in [-0.25, -0.2) is 15.0 Å². The number of aromatic nitrogens is 3. The monoisotopic (exact) mass is 353 g/mol. The van der Waals surface area contributed by atoms with Gasteiger partial charge in [-0.05, 0) is 19.3 Å². The molecule has 4 atom stereocenters. The molecule has 3 aliphatic rings. The average molecular weight is 353 g/mol. The normalized spacial score (nSPS) is 30.4. The van der Waals surface area contributed by atoms with E-state index in [1.807, 2.05) is 11.2 Å². The van der Waals surface area contributed by atoms with Crippen LogP contribution in [0.15, 0.2) is 34.3 Å². The van der Waals surface area contributed by atoms with Gasteiger partial charge in [-0.15, -0.1) is 0 Å². The Morgan fingerprint density at radius 2 is 2.00 bits per heavy atom. The summed E-state index contributed by atoms with van der Waals surface area (Å²) in [5.41, 5.74) is 0.833. The molecule has 5 rings (SSSR count). The molecule has 0 amide bonds. The maximum Gasteiger partial charge on any atom is 0.243 e. The molecule has 2 bridgehead atoms. The summed E-state index contributed by atoms with van der Waals surface area (Å²) in [7, 11) is 0. The standard InChI is InChI=1S/C19H23N5O2/c1-19(2,3)14-9-22-18(26-14)16-12-8-11-4-5-13(25-11)17(12)24(23-16)15-10-20-6-7-21-15/h6-7,9-13,17H,4-5,8H2,1-3H3. The van der Waals surface area contributed by atoms with Gasteiger partial charge in [0.2, 0.25) is 5.89 Å². The van der Waals surface area contributed by atoms with Crippen molar-refractivity contribution in [2.45, 2.75) is 63.7 Å². The van der Waals surface area contributed by atoms with E-state index in [1.165, 1.54) is 0 Å². The third kappa shape index (κ3) is 2.45. The van der Waals surface area contributed by atoms with Gasteiger partial charge in [-0.2, -0.15) is 5.10 Å². The van der Waals surface area contributed by atoms with Crippen molar-refractivity contribution in [2.24, 2.45) is 11.0 Å². The van der Waals surface area contributed by atoms with Crippen molar-refractivity contribution in [1.29, 1.82) is 0 Å². The summed E-state index contributed by atoms with van der Waals surface area (Å²) in [5.74, 6) is 2.49. The molecule has 0 N–H and O–H groups in total. The van der Waals surface area contributed by atoms with E-state index in [0.29, 0.717) is 12.0 Å². The quantitative estimate of drug-likeness (QED) is 0.826. The fourth-order valence-corrected chi connectivity index (χ4v) is 4.25. The molecule has 2 aromatic heterocycles. The maximum absolute atomic E-state index is 6.19. The van der Waals surface area contributed by atoms with Crippen LogP contribution in [0.3, 0.4) is 0 Å². The van der Waals surface area contributed by atoms with Crippen molar-refractivity contribution in [3.63, 3.8) is 0 Å². The second-order valence-electron chi connectivity index (χ2n) is 8.38. The lowest BCUT2D eigenvalue weighted by atomic mass is 9.87. The molecular formula is C19H23N5O2. The first-order valence-electron chi connectivity index (χ1n) is 9.26. The van der Waals surface area contributed by atoms with Gasteiger partial charge < -0.3 is 9.15 Å². The molecular weight excluding hydrogens is 330 g/mol. The third-order valence-corrected chi connectivity index (χ3v) is 5.55. The minimum absolute atomic E-state index is 0.0802. The van der Waals surface area contributed by atoms with Crippen LogP contribution >= 0.6 is 0 Å². The number of anilines is 1. The minimum atomic E-state index is -0.0802. The topological polar surface area (TPSA) is 76.6 Å². The molecule has 2 saturated heterocycles. The van der Waals surface area contributed by atoms with Crippen molar-refractivity contribution in [2.75, 3.05) is 5.01 Å². The number of ether oxygens (including phenoxy) is 1. The molecule has 0 aromatic carbocycles. The van der Waals surface area contributed by atoms with Gasteiger partial charge >= 0.3 is 0 Å². The van der Waals surface area contributed by atoms with Crippen LogP contribution in [0.5, 0.6) is 0 Å². The van der Waals surface area contributed by atoms with Gasteiger partial charge in [0.15, 0.2) is 5.82 Å². The zero-order valence-corrected chi connectivity index (χ0v) is 15.3. The van der Waals surface area contributed by atoms with Gasteiger partial charge in [-0.1, -0.05) is 20.8 Å². The Hall–Kier alpha value is -2.28. The van der Waals surface area contributed by atoms with Gasteiger partial charge in [0.05, 0.1) is 30.6 Å². The lowest BCUT2D eigenvalue weighted by Gasteiger charge is -2.35. The Morgan fingerprint density at radius 3 is 2.73 bits per heavy atom. The van der Waals surface area contributed by atoms with Gasteiger partial charge in [0.25, 0.3) is 0 Å². The van der Waals surface area contributed by atoms with E-state index in [0.717, 1.165) is 36.6 Å². The van der Waals surface area contributed by atoms with Crippen LogP contribution in [0, 0.1) is 5.92 Å². The summed E-state index contributed by atoms with van der Waals surface area (Å²) in [6.45, 7) is 6.37. The number of nitrogens with zero attached hydrogens (tertiary/aromatic N) is 5. The van der Waals surface area contributed by atoms with Crippen LogP contribution < -0.4 is 5.01 Å². The Labute approximate surface area is 152 Å². The van der Waals surface area contributed by atoms with E-state index in [1.54, 1.807) is 18.6 Å². The molecule has 136 valence electrons. The molecule has 0 aliphatic carbocycles. The van der Waals surface area contributed by atoms with E-state index in [9.17, 15) is 0 Å². The summed E-state index contributed by atoms with van der Waals surface area (Å²) in [4.78, 5) is 13.2. The van der Waals surface area contributed by atoms with E-state index >= 15 is 0 Å². The summed E-state index contributed by atoms with van der Waals surface area (Å²) in [5, 5.41) is 6.87. The van der Waals surface area contributed by atoms with Gasteiger partial charge in [0.1, 0.15) is 11.5 Å². The Kier molecular flexibility index (Phi) is 3.44. The zero-order chi connectivity index (χ0) is 17.9. The van der Waals surface area contributed by atoms with Crippen LogP contribution in [-0.2, 0) is 10.2 Å². The Balaban J connectivity index is 1.57. The average Bonchev–Trinajstić information content (AvgIpc) is 3.33. The molecule has 2 fully saturated rings. The predicted octanol–water partition coefficient (Wildman–Crippen LogP) is 2.92. The van der Waals surface area contributed by atoms with E-state index in [2.05, 4.69) is 35.7 Å².